The number of nitrogens with zero attached hydrogens (tertiary/aromatic N) is 3. The third kappa shape index (κ3) is 4.89. The summed E-state index contributed by atoms with van der Waals surface area (Å²) in [6.45, 7) is 8.06. The van der Waals surface area contributed by atoms with Crippen LogP contribution < -0.4 is 10.3 Å². The van der Waals surface area contributed by atoms with Gasteiger partial charge < -0.3 is 24.1 Å². The highest BCUT2D eigenvalue weighted by molar-refractivity contribution is 5.92. The Bertz CT molecular complexity index is 1230. The first-order chi connectivity index (χ1) is 16.1. The van der Waals surface area contributed by atoms with Crippen LogP contribution >= 0.6 is 0 Å². The summed E-state index contributed by atoms with van der Waals surface area (Å²) in [6, 6.07) is 8.13. The van der Waals surface area contributed by atoms with Crippen LogP contribution in [0, 0.1) is 6.92 Å². The van der Waals surface area contributed by atoms with E-state index in [0.717, 1.165) is 52.9 Å². The number of likely N-dealkylation sites (N-methyl/N-ethyl adjacent to an activating group) is 1. The summed E-state index contributed by atoms with van der Waals surface area (Å²) in [6.07, 6.45) is 3.77. The van der Waals surface area contributed by atoms with Gasteiger partial charge >= 0.3 is 0 Å². The Morgan fingerprint density at radius 2 is 2.03 bits per heavy atom. The molecule has 1 amide bonds. The number of ether oxygens (including phenoxy) is 1. The molecule has 1 unspecified atom stereocenters. The zero-order valence-corrected chi connectivity index (χ0v) is 21.1. The van der Waals surface area contributed by atoms with Crippen molar-refractivity contribution in [1.82, 2.24) is 19.4 Å². The first-order valence-corrected chi connectivity index (χ1v) is 12.1. The lowest BCUT2D eigenvalue weighted by atomic mass is 9.96. The maximum atomic E-state index is 12.5. The first-order valence-electron chi connectivity index (χ1n) is 12.1. The molecule has 0 radical (unpaired) electrons. The van der Waals surface area contributed by atoms with E-state index in [1.807, 2.05) is 49.1 Å². The smallest absolute Gasteiger partial charge is 0.253 e. The van der Waals surface area contributed by atoms with E-state index in [-0.39, 0.29) is 23.5 Å². The number of pyridine rings is 1. The van der Waals surface area contributed by atoms with Gasteiger partial charge in [-0.1, -0.05) is 13.8 Å². The van der Waals surface area contributed by atoms with E-state index in [1.54, 1.807) is 11.6 Å². The lowest BCUT2D eigenvalue weighted by Gasteiger charge is -2.33. The van der Waals surface area contributed by atoms with Gasteiger partial charge in [-0.25, -0.2) is 0 Å². The normalized spacial score (nSPS) is 16.6. The average Bonchev–Trinajstić information content (AvgIpc) is 3.16. The number of aryl methyl sites for hydroxylation is 2. The van der Waals surface area contributed by atoms with Gasteiger partial charge in [0.15, 0.2) is 0 Å². The van der Waals surface area contributed by atoms with E-state index in [1.165, 1.54) is 5.56 Å². The monoisotopic (exact) mass is 464 g/mol. The Labute approximate surface area is 201 Å². The molecule has 1 aliphatic heterocycles. The van der Waals surface area contributed by atoms with Crippen LogP contribution in [0.2, 0.25) is 0 Å². The summed E-state index contributed by atoms with van der Waals surface area (Å²) in [4.78, 5) is 32.1. The molecule has 34 heavy (non-hydrogen) atoms. The Morgan fingerprint density at radius 3 is 2.71 bits per heavy atom. The maximum absolute atomic E-state index is 12.5. The molecule has 0 bridgehead atoms. The second-order valence-corrected chi connectivity index (χ2v) is 10.1. The number of likely N-dealkylation sites (tertiary alicyclic amines) is 1. The van der Waals surface area contributed by atoms with Crippen molar-refractivity contribution >= 4 is 16.8 Å². The molecule has 7 heteroatoms. The van der Waals surface area contributed by atoms with Gasteiger partial charge in [0.25, 0.3) is 5.56 Å². The first kappa shape index (κ1) is 24.1. The SMILES string of the molecule is Cc1cc(-c2[nH]c3ccc(OC4CCCN(C(=O)CN(C)C)C4)cc3c2C(C)C)cn(C)c1=O. The highest BCUT2D eigenvalue weighted by Gasteiger charge is 2.25. The number of carbonyl (C=O) groups excluding carboxylic acids is 1. The van der Waals surface area contributed by atoms with Crippen LogP contribution in [0.5, 0.6) is 5.75 Å². The van der Waals surface area contributed by atoms with Gasteiger partial charge in [0.2, 0.25) is 5.91 Å². The molecule has 1 N–H and O–H groups in total. The van der Waals surface area contributed by atoms with Gasteiger partial charge in [0.1, 0.15) is 11.9 Å². The molecule has 1 aromatic carbocycles. The molecule has 2 aromatic heterocycles. The number of benzene rings is 1. The van der Waals surface area contributed by atoms with Crippen LogP contribution in [-0.4, -0.2) is 65.1 Å². The maximum Gasteiger partial charge on any atom is 0.253 e. The van der Waals surface area contributed by atoms with Crippen molar-refractivity contribution in [2.24, 2.45) is 7.05 Å². The zero-order valence-electron chi connectivity index (χ0n) is 21.1. The Morgan fingerprint density at radius 1 is 1.26 bits per heavy atom. The number of fused-ring (bicyclic) bond motifs is 1. The van der Waals surface area contributed by atoms with Gasteiger partial charge in [0.05, 0.1) is 18.8 Å². The fourth-order valence-electron chi connectivity index (χ4n) is 4.93. The number of hydrogen-bond donors (Lipinski definition) is 1. The van der Waals surface area contributed by atoms with E-state index in [4.69, 9.17) is 4.74 Å². The quantitative estimate of drug-likeness (QED) is 0.601. The van der Waals surface area contributed by atoms with E-state index < -0.39 is 0 Å². The number of H-pyrrole nitrogens is 1. The molecular formula is C27H36N4O3. The summed E-state index contributed by atoms with van der Waals surface area (Å²) in [5.74, 6) is 1.26. The van der Waals surface area contributed by atoms with Crippen LogP contribution in [0.4, 0.5) is 0 Å². The Kier molecular flexibility index (Phi) is 6.84. The molecule has 7 nitrogen and oxygen atoms in total. The van der Waals surface area contributed by atoms with E-state index in [0.29, 0.717) is 13.1 Å². The molecular weight excluding hydrogens is 428 g/mol. The molecule has 3 aromatic rings. The highest BCUT2D eigenvalue weighted by Crippen LogP contribution is 2.37. The van der Waals surface area contributed by atoms with Gasteiger partial charge in [-0.05, 0) is 69.6 Å². The summed E-state index contributed by atoms with van der Waals surface area (Å²) < 4.78 is 8.03. The molecule has 1 fully saturated rings. The third-order valence-corrected chi connectivity index (χ3v) is 6.52. The summed E-state index contributed by atoms with van der Waals surface area (Å²) in [5.41, 5.74) is 5.05. The second kappa shape index (κ2) is 9.66. The minimum absolute atomic E-state index is 0.00970. The van der Waals surface area contributed by atoms with Crippen molar-refractivity contribution in [3.8, 4) is 17.0 Å². The molecule has 182 valence electrons. The number of aromatic amines is 1. The predicted molar refractivity (Wildman–Crippen MR) is 137 cm³/mol. The predicted octanol–water partition coefficient (Wildman–Crippen LogP) is 3.90. The van der Waals surface area contributed by atoms with Crippen LogP contribution in [0.1, 0.15) is 43.7 Å². The summed E-state index contributed by atoms with van der Waals surface area (Å²) in [7, 11) is 5.62. The van der Waals surface area contributed by atoms with Crippen molar-refractivity contribution in [2.45, 2.75) is 45.6 Å². The van der Waals surface area contributed by atoms with Crippen molar-refractivity contribution < 1.29 is 9.53 Å². The van der Waals surface area contributed by atoms with Crippen molar-refractivity contribution in [1.29, 1.82) is 0 Å². The van der Waals surface area contributed by atoms with Gasteiger partial charge in [-0.2, -0.15) is 0 Å². The summed E-state index contributed by atoms with van der Waals surface area (Å²) >= 11 is 0. The fraction of sp³-hybridized carbons (Fsp3) is 0.481. The lowest BCUT2D eigenvalue weighted by molar-refractivity contribution is -0.134. The van der Waals surface area contributed by atoms with Crippen LogP contribution in [0.15, 0.2) is 35.3 Å². The number of hydrogen-bond acceptors (Lipinski definition) is 4. The molecule has 1 atom stereocenters. The highest BCUT2D eigenvalue weighted by atomic mass is 16.5. The largest absolute Gasteiger partial charge is 0.489 e. The average molecular weight is 465 g/mol. The Hall–Kier alpha value is -3.06. The molecule has 1 saturated heterocycles. The third-order valence-electron chi connectivity index (χ3n) is 6.52. The molecule has 3 heterocycles. The topological polar surface area (TPSA) is 70.6 Å². The van der Waals surface area contributed by atoms with Gasteiger partial charge in [0, 0.05) is 41.8 Å². The summed E-state index contributed by atoms with van der Waals surface area (Å²) in [5, 5.41) is 1.13. The van der Waals surface area contributed by atoms with Crippen LogP contribution in [0.3, 0.4) is 0 Å². The van der Waals surface area contributed by atoms with E-state index >= 15 is 0 Å². The minimum Gasteiger partial charge on any atom is -0.489 e. The second-order valence-electron chi connectivity index (χ2n) is 10.1. The van der Waals surface area contributed by atoms with Crippen LogP contribution in [-0.2, 0) is 11.8 Å². The standard InChI is InChI=1S/C27H36N4O3/c1-17(2)25-22-13-20(34-21-8-7-11-31(15-21)24(32)16-29(4)5)9-10-23(22)28-26(25)19-12-18(3)27(33)30(6)14-19/h9-10,12-14,17,21,28H,7-8,11,15-16H2,1-6H3. The van der Waals surface area contributed by atoms with Crippen molar-refractivity contribution in [2.75, 3.05) is 33.7 Å². The number of carbonyl (C=O) groups is 1. The number of rotatable bonds is 6. The van der Waals surface area contributed by atoms with Crippen molar-refractivity contribution in [3.63, 3.8) is 0 Å². The number of amides is 1. The molecule has 4 rings (SSSR count). The van der Waals surface area contributed by atoms with Gasteiger partial charge in [-0.3, -0.25) is 9.59 Å². The van der Waals surface area contributed by atoms with E-state index in [9.17, 15) is 9.59 Å². The molecule has 1 aliphatic rings. The number of nitrogens with one attached hydrogen (secondary N) is 1. The molecule has 0 aliphatic carbocycles. The van der Waals surface area contributed by atoms with Crippen molar-refractivity contribution in [3.05, 3.63) is 51.9 Å². The lowest BCUT2D eigenvalue weighted by Crippen LogP contribution is -2.47. The minimum atomic E-state index is -0.00970. The molecule has 0 spiro atoms. The zero-order chi connectivity index (χ0) is 24.6. The molecule has 0 saturated carbocycles. The van der Waals surface area contributed by atoms with Crippen LogP contribution in [0.25, 0.3) is 22.2 Å². The fourth-order valence-corrected chi connectivity index (χ4v) is 4.93. The van der Waals surface area contributed by atoms with Gasteiger partial charge in [-0.15, -0.1) is 0 Å². The van der Waals surface area contributed by atoms with E-state index in [2.05, 4.69) is 31.0 Å². The Balaban J connectivity index is 1.63. The number of aromatic nitrogens is 2. The number of piperidine rings is 1.